The molecule has 0 radical (unpaired) electrons. The van der Waals surface area contributed by atoms with Crippen LogP contribution >= 0.6 is 0 Å². The number of amides is 1. The van der Waals surface area contributed by atoms with Crippen molar-refractivity contribution >= 4 is 39.4 Å². The number of ether oxygens (including phenoxy) is 1. The van der Waals surface area contributed by atoms with Crippen LogP contribution in [0.5, 0.6) is 0 Å². The summed E-state index contributed by atoms with van der Waals surface area (Å²) in [5, 5.41) is 2.04. The smallest absolute Gasteiger partial charge is 0.326 e. The Kier molecular flexibility index (Phi) is 5.24. The van der Waals surface area contributed by atoms with Gasteiger partial charge in [-0.05, 0) is 30.5 Å². The van der Waals surface area contributed by atoms with Crippen molar-refractivity contribution in [2.45, 2.75) is 13.5 Å². The van der Waals surface area contributed by atoms with Crippen molar-refractivity contribution in [1.82, 2.24) is 9.55 Å². The highest BCUT2D eigenvalue weighted by atomic mass is 16.5. The number of hydrogen-bond donors (Lipinski definition) is 0. The second kappa shape index (κ2) is 8.14. The van der Waals surface area contributed by atoms with E-state index in [1.807, 2.05) is 73.7 Å². The molecule has 0 fully saturated rings. The normalized spacial score (nSPS) is 10.9. The SMILES string of the molecule is CCN(C(=O)COC(=O)Cn1cnc2ccccc21)c1cccc2ccccc12. The largest absolute Gasteiger partial charge is 0.454 e. The van der Waals surface area contributed by atoms with Crippen molar-refractivity contribution in [2.75, 3.05) is 18.1 Å². The van der Waals surface area contributed by atoms with Gasteiger partial charge in [0.1, 0.15) is 6.54 Å². The van der Waals surface area contributed by atoms with E-state index in [0.29, 0.717) is 6.54 Å². The lowest BCUT2D eigenvalue weighted by atomic mass is 10.1. The molecule has 0 N–H and O–H groups in total. The number of aromatic nitrogens is 2. The lowest BCUT2D eigenvalue weighted by molar-refractivity contribution is -0.148. The Morgan fingerprint density at radius 1 is 1.00 bits per heavy atom. The van der Waals surface area contributed by atoms with Crippen LogP contribution in [0.1, 0.15) is 6.92 Å². The Morgan fingerprint density at radius 3 is 2.62 bits per heavy atom. The van der Waals surface area contributed by atoms with Crippen molar-refractivity contribution in [3.05, 3.63) is 73.1 Å². The predicted molar refractivity (Wildman–Crippen MR) is 113 cm³/mol. The van der Waals surface area contributed by atoms with Gasteiger partial charge in [-0.2, -0.15) is 0 Å². The van der Waals surface area contributed by atoms with Crippen LogP contribution in [0.3, 0.4) is 0 Å². The van der Waals surface area contributed by atoms with Crippen molar-refractivity contribution < 1.29 is 14.3 Å². The third-order valence-corrected chi connectivity index (χ3v) is 4.86. The van der Waals surface area contributed by atoms with Gasteiger partial charge in [-0.3, -0.25) is 9.59 Å². The zero-order valence-electron chi connectivity index (χ0n) is 16.1. The highest BCUT2D eigenvalue weighted by Crippen LogP contribution is 2.26. The molecule has 3 aromatic carbocycles. The zero-order chi connectivity index (χ0) is 20.2. The van der Waals surface area contributed by atoms with Crippen LogP contribution in [0.15, 0.2) is 73.1 Å². The summed E-state index contributed by atoms with van der Waals surface area (Å²) in [4.78, 5) is 30.9. The van der Waals surface area contributed by atoms with E-state index in [-0.39, 0.29) is 19.1 Å². The fourth-order valence-electron chi connectivity index (χ4n) is 3.47. The number of likely N-dealkylation sites (N-methyl/N-ethyl adjacent to an activating group) is 1. The van der Waals surface area contributed by atoms with E-state index in [1.54, 1.807) is 15.8 Å². The third-order valence-electron chi connectivity index (χ3n) is 4.86. The quantitative estimate of drug-likeness (QED) is 0.472. The molecule has 1 amide bonds. The fraction of sp³-hybridized carbons (Fsp3) is 0.174. The first-order chi connectivity index (χ1) is 14.2. The van der Waals surface area contributed by atoms with Crippen molar-refractivity contribution in [2.24, 2.45) is 0 Å². The topological polar surface area (TPSA) is 64.4 Å². The van der Waals surface area contributed by atoms with Crippen LogP contribution in [0.4, 0.5) is 5.69 Å². The van der Waals surface area contributed by atoms with Crippen molar-refractivity contribution in [3.8, 4) is 0 Å². The molecule has 0 spiro atoms. The van der Waals surface area contributed by atoms with E-state index in [4.69, 9.17) is 4.74 Å². The van der Waals surface area contributed by atoms with E-state index in [0.717, 1.165) is 27.5 Å². The van der Waals surface area contributed by atoms with Gasteiger partial charge in [0, 0.05) is 11.9 Å². The monoisotopic (exact) mass is 387 g/mol. The van der Waals surface area contributed by atoms with E-state index in [2.05, 4.69) is 4.98 Å². The molecule has 0 unspecified atom stereocenters. The summed E-state index contributed by atoms with van der Waals surface area (Å²) in [5.41, 5.74) is 2.47. The Balaban J connectivity index is 1.44. The lowest BCUT2D eigenvalue weighted by Gasteiger charge is -2.22. The van der Waals surface area contributed by atoms with Gasteiger partial charge < -0.3 is 14.2 Å². The summed E-state index contributed by atoms with van der Waals surface area (Å²) in [7, 11) is 0. The summed E-state index contributed by atoms with van der Waals surface area (Å²) in [6, 6.07) is 21.3. The summed E-state index contributed by atoms with van der Waals surface area (Å²) in [6.45, 7) is 2.09. The van der Waals surface area contributed by atoms with Crippen LogP contribution in [0, 0.1) is 0 Å². The van der Waals surface area contributed by atoms with Gasteiger partial charge in [0.25, 0.3) is 5.91 Å². The molecule has 6 nitrogen and oxygen atoms in total. The molecule has 0 saturated heterocycles. The molecule has 1 aromatic heterocycles. The predicted octanol–water partition coefficient (Wildman–Crippen LogP) is 3.79. The molecule has 0 saturated carbocycles. The second-order valence-corrected chi connectivity index (χ2v) is 6.66. The summed E-state index contributed by atoms with van der Waals surface area (Å²) in [6.07, 6.45) is 1.60. The van der Waals surface area contributed by atoms with Gasteiger partial charge >= 0.3 is 5.97 Å². The minimum absolute atomic E-state index is 0.00812. The first-order valence-corrected chi connectivity index (χ1v) is 9.51. The molecule has 0 aliphatic heterocycles. The number of hydrogen-bond acceptors (Lipinski definition) is 4. The fourth-order valence-corrected chi connectivity index (χ4v) is 3.47. The Labute approximate surface area is 168 Å². The number of carbonyl (C=O) groups is 2. The van der Waals surface area contributed by atoms with Gasteiger partial charge in [-0.1, -0.05) is 48.5 Å². The number of imidazole rings is 1. The number of anilines is 1. The molecule has 0 aliphatic carbocycles. The molecule has 4 aromatic rings. The van der Waals surface area contributed by atoms with Crippen LogP contribution in [-0.2, 0) is 20.9 Å². The van der Waals surface area contributed by atoms with Crippen LogP contribution in [-0.4, -0.2) is 34.6 Å². The first kappa shape index (κ1) is 18.7. The third kappa shape index (κ3) is 3.82. The lowest BCUT2D eigenvalue weighted by Crippen LogP contribution is -2.35. The van der Waals surface area contributed by atoms with Crippen LogP contribution in [0.25, 0.3) is 21.8 Å². The Hall–Kier alpha value is -3.67. The summed E-state index contributed by atoms with van der Waals surface area (Å²) >= 11 is 0. The maximum atomic E-state index is 12.8. The van der Waals surface area contributed by atoms with Gasteiger partial charge in [-0.25, -0.2) is 4.98 Å². The Morgan fingerprint density at radius 2 is 1.76 bits per heavy atom. The highest BCUT2D eigenvalue weighted by molar-refractivity contribution is 6.04. The van der Waals surface area contributed by atoms with Crippen LogP contribution < -0.4 is 4.90 Å². The van der Waals surface area contributed by atoms with Crippen molar-refractivity contribution in [3.63, 3.8) is 0 Å². The van der Waals surface area contributed by atoms with Gasteiger partial charge in [0.05, 0.1) is 23.0 Å². The number of nitrogens with zero attached hydrogens (tertiary/aromatic N) is 3. The molecule has 6 heteroatoms. The van der Waals surface area contributed by atoms with Crippen molar-refractivity contribution in [1.29, 1.82) is 0 Å². The standard InChI is InChI=1S/C23H21N3O3/c1-2-26(20-13-7-9-17-8-3-4-10-18(17)20)22(27)15-29-23(28)14-25-16-24-19-11-5-6-12-21(19)25/h3-13,16H,2,14-15H2,1H3. The minimum Gasteiger partial charge on any atom is -0.454 e. The maximum absolute atomic E-state index is 12.8. The molecule has 1 heterocycles. The average Bonchev–Trinajstić information content (AvgIpc) is 3.16. The van der Waals surface area contributed by atoms with E-state index in [9.17, 15) is 9.59 Å². The molecular formula is C23H21N3O3. The molecular weight excluding hydrogens is 366 g/mol. The Bertz CT molecular complexity index is 1180. The van der Waals surface area contributed by atoms with E-state index >= 15 is 0 Å². The van der Waals surface area contributed by atoms with E-state index in [1.165, 1.54) is 0 Å². The number of fused-ring (bicyclic) bond motifs is 2. The molecule has 4 rings (SSSR count). The second-order valence-electron chi connectivity index (χ2n) is 6.66. The number of carbonyl (C=O) groups excluding carboxylic acids is 2. The molecule has 146 valence electrons. The molecule has 0 atom stereocenters. The number of esters is 1. The summed E-state index contributed by atoms with van der Waals surface area (Å²) < 4.78 is 6.98. The first-order valence-electron chi connectivity index (χ1n) is 9.51. The molecule has 29 heavy (non-hydrogen) atoms. The maximum Gasteiger partial charge on any atom is 0.326 e. The average molecular weight is 387 g/mol. The summed E-state index contributed by atoms with van der Waals surface area (Å²) in [5.74, 6) is -0.733. The number of benzene rings is 3. The number of para-hydroxylation sites is 2. The number of rotatable bonds is 6. The zero-order valence-corrected chi connectivity index (χ0v) is 16.1. The van der Waals surface area contributed by atoms with E-state index < -0.39 is 5.97 Å². The minimum atomic E-state index is -0.476. The van der Waals surface area contributed by atoms with Gasteiger partial charge in [0.2, 0.25) is 0 Å². The highest BCUT2D eigenvalue weighted by Gasteiger charge is 2.18. The van der Waals surface area contributed by atoms with Gasteiger partial charge in [0.15, 0.2) is 6.61 Å². The van der Waals surface area contributed by atoms with Gasteiger partial charge in [-0.15, -0.1) is 0 Å². The van der Waals surface area contributed by atoms with Crippen LogP contribution in [0.2, 0.25) is 0 Å². The molecule has 0 bridgehead atoms. The molecule has 0 aliphatic rings.